The summed E-state index contributed by atoms with van der Waals surface area (Å²) < 4.78 is 34.9. The molecule has 0 aliphatic carbocycles. The number of hydrogen-bond donors (Lipinski definition) is 1. The fourth-order valence-corrected chi connectivity index (χ4v) is 2.44. The molecule has 0 fully saturated rings. The molecule has 2 unspecified atom stereocenters. The molecule has 11 nitrogen and oxygen atoms in total. The number of halogens is 2. The summed E-state index contributed by atoms with van der Waals surface area (Å²) in [6.45, 7) is 1.41. The van der Waals surface area contributed by atoms with Crippen molar-refractivity contribution in [2.45, 2.75) is 25.6 Å². The van der Waals surface area contributed by atoms with Gasteiger partial charge in [-0.15, -0.1) is 0 Å². The predicted molar refractivity (Wildman–Crippen MR) is 88.1 cm³/mol. The zero-order chi connectivity index (χ0) is 19.4. The van der Waals surface area contributed by atoms with Gasteiger partial charge in [0.1, 0.15) is 18.4 Å². The summed E-state index contributed by atoms with van der Waals surface area (Å²) in [5.41, 5.74) is -0.447. The lowest BCUT2D eigenvalue weighted by Crippen LogP contribution is -2.35. The van der Waals surface area contributed by atoms with Crippen LogP contribution in [0.3, 0.4) is 0 Å². The van der Waals surface area contributed by atoms with Gasteiger partial charge in [-0.2, -0.15) is 13.9 Å². The van der Waals surface area contributed by atoms with E-state index in [1.54, 1.807) is 0 Å². The number of methoxy groups -OCH3 is 1. The van der Waals surface area contributed by atoms with E-state index in [2.05, 4.69) is 35.9 Å². The van der Waals surface area contributed by atoms with E-state index in [4.69, 9.17) is 4.74 Å². The second-order valence-electron chi connectivity index (χ2n) is 5.78. The maximum absolute atomic E-state index is 13.7. The van der Waals surface area contributed by atoms with Gasteiger partial charge in [0, 0.05) is 14.0 Å². The Morgan fingerprint density at radius 2 is 2.26 bits per heavy atom. The number of hydrogen-bond acceptors (Lipinski definition) is 8. The molecule has 1 N–H and O–H groups in total. The molecule has 0 bridgehead atoms. The molecule has 2 aromatic heterocycles. The smallest absolute Gasteiger partial charge is 0.286 e. The number of anilines is 1. The molecule has 1 aliphatic rings. The first-order chi connectivity index (χ1) is 12.9. The lowest BCUT2D eigenvalue weighted by Gasteiger charge is -2.26. The van der Waals surface area contributed by atoms with Crippen LogP contribution in [0.5, 0.6) is 0 Å². The van der Waals surface area contributed by atoms with Gasteiger partial charge in [0.2, 0.25) is 11.9 Å². The van der Waals surface area contributed by atoms with Gasteiger partial charge in [0.05, 0.1) is 19.1 Å². The number of aromatic nitrogens is 7. The van der Waals surface area contributed by atoms with Crippen LogP contribution in [0.25, 0.3) is 0 Å². The minimum atomic E-state index is -3.15. The van der Waals surface area contributed by atoms with E-state index in [9.17, 15) is 13.6 Å². The van der Waals surface area contributed by atoms with Gasteiger partial charge in [-0.3, -0.25) is 15.1 Å². The third-order valence-electron chi connectivity index (χ3n) is 3.79. The molecule has 3 rings (SSSR count). The Bertz CT molecular complexity index is 841. The van der Waals surface area contributed by atoms with E-state index < -0.39 is 29.6 Å². The van der Waals surface area contributed by atoms with Crippen molar-refractivity contribution < 1.29 is 18.3 Å². The number of nitrogens with one attached hydrogen (secondary N) is 1. The van der Waals surface area contributed by atoms with E-state index >= 15 is 0 Å². The maximum Gasteiger partial charge on any atom is 0.286 e. The number of allylic oxidation sites excluding steroid dienone is 1. The van der Waals surface area contributed by atoms with Crippen LogP contribution in [0.15, 0.2) is 29.8 Å². The number of aliphatic imine (C=N–C) groups is 1. The summed E-state index contributed by atoms with van der Waals surface area (Å²) in [7, 11) is 1.53. The third-order valence-corrected chi connectivity index (χ3v) is 3.79. The van der Waals surface area contributed by atoms with Crippen molar-refractivity contribution in [3.8, 4) is 0 Å². The van der Waals surface area contributed by atoms with E-state index in [1.807, 2.05) is 0 Å². The fourth-order valence-electron chi connectivity index (χ4n) is 2.44. The van der Waals surface area contributed by atoms with E-state index in [1.165, 1.54) is 35.2 Å². The zero-order valence-corrected chi connectivity index (χ0v) is 14.5. The number of alkyl halides is 2. The number of nitrogens with zero attached hydrogens (tertiary/aromatic N) is 8. The van der Waals surface area contributed by atoms with Gasteiger partial charge in [-0.25, -0.2) is 14.3 Å². The van der Waals surface area contributed by atoms with E-state index in [-0.39, 0.29) is 5.95 Å². The normalized spacial score (nSPS) is 19.8. The molecule has 27 heavy (non-hydrogen) atoms. The lowest BCUT2D eigenvalue weighted by atomic mass is 9.99. The van der Waals surface area contributed by atoms with Crippen LogP contribution in [-0.2, 0) is 16.1 Å². The Hall–Kier alpha value is -3.09. The molecule has 1 amide bonds. The predicted octanol–water partition coefficient (Wildman–Crippen LogP) is 0.330. The van der Waals surface area contributed by atoms with Crippen LogP contribution >= 0.6 is 0 Å². The number of rotatable bonds is 7. The number of amides is 1. The van der Waals surface area contributed by atoms with Gasteiger partial charge in [0.25, 0.3) is 5.92 Å². The fraction of sp³-hybridized carbons (Fsp3) is 0.500. The van der Waals surface area contributed by atoms with Crippen LogP contribution in [0, 0.1) is 5.92 Å². The minimum Gasteiger partial charge on any atom is -0.383 e. The maximum atomic E-state index is 13.7. The van der Waals surface area contributed by atoms with Gasteiger partial charge >= 0.3 is 0 Å². The zero-order valence-electron chi connectivity index (χ0n) is 14.5. The molecular formula is C14H17F2N9O2. The highest BCUT2D eigenvalue weighted by molar-refractivity contribution is 6.03. The van der Waals surface area contributed by atoms with E-state index in [0.717, 1.165) is 13.0 Å². The number of ether oxygens (including phenoxy) is 1. The summed E-state index contributed by atoms with van der Waals surface area (Å²) >= 11 is 0. The Morgan fingerprint density at radius 1 is 1.44 bits per heavy atom. The highest BCUT2D eigenvalue weighted by Crippen LogP contribution is 2.29. The highest BCUT2D eigenvalue weighted by Gasteiger charge is 2.37. The van der Waals surface area contributed by atoms with Crippen molar-refractivity contribution in [2.75, 3.05) is 19.0 Å². The molecule has 3 heterocycles. The van der Waals surface area contributed by atoms with Crippen molar-refractivity contribution in [3.63, 3.8) is 0 Å². The van der Waals surface area contributed by atoms with Crippen molar-refractivity contribution in [3.05, 3.63) is 24.8 Å². The Kier molecular flexibility index (Phi) is 5.30. The first-order valence-corrected chi connectivity index (χ1v) is 7.94. The van der Waals surface area contributed by atoms with Crippen molar-refractivity contribution in [1.29, 1.82) is 0 Å². The molecule has 144 valence electrons. The molecule has 1 aliphatic heterocycles. The monoisotopic (exact) mass is 381 g/mol. The summed E-state index contributed by atoms with van der Waals surface area (Å²) in [5, 5.41) is 17.5. The van der Waals surface area contributed by atoms with Crippen molar-refractivity contribution in [1.82, 2.24) is 35.0 Å². The molecule has 2 aromatic rings. The van der Waals surface area contributed by atoms with Crippen LogP contribution < -0.4 is 5.32 Å². The Morgan fingerprint density at radius 3 is 2.93 bits per heavy atom. The number of carbonyl (C=O) groups is 1. The average Bonchev–Trinajstić information content (AvgIpc) is 3.30. The summed E-state index contributed by atoms with van der Waals surface area (Å²) in [4.78, 5) is 20.5. The summed E-state index contributed by atoms with van der Waals surface area (Å²) in [6.07, 6.45) is 4.01. The van der Waals surface area contributed by atoms with Gasteiger partial charge in [0.15, 0.2) is 6.17 Å². The first kappa shape index (κ1) is 18.7. The molecule has 0 aromatic carbocycles. The van der Waals surface area contributed by atoms with Crippen LogP contribution in [0.4, 0.5) is 14.7 Å². The molecule has 2 atom stereocenters. The molecule has 0 radical (unpaired) electrons. The quantitative estimate of drug-likeness (QED) is 0.733. The van der Waals surface area contributed by atoms with Gasteiger partial charge in [-0.05, 0) is 16.5 Å². The third kappa shape index (κ3) is 4.19. The number of carbonyl (C=O) groups excluding carboxylic acids is 1. The van der Waals surface area contributed by atoms with Gasteiger partial charge < -0.3 is 4.74 Å². The SMILES string of the molecule is COCCn1nnnc1NC(=O)C1C=CC(C(C)(F)F)=NC1n1cncn1. The second kappa shape index (κ2) is 7.65. The van der Waals surface area contributed by atoms with Crippen LogP contribution in [-0.4, -0.2) is 66.2 Å². The first-order valence-electron chi connectivity index (χ1n) is 7.94. The standard InChI is InChI=1S/C14H17F2N9O2/c1-14(15,16)10-4-3-9(11(19-10)25-8-17-7-18-25)12(26)20-13-21-22-23-24(13)5-6-27-2/h3-4,7-9,11H,5-6H2,1-2H3,(H,20,21,23,26). The second-order valence-corrected chi connectivity index (χ2v) is 5.78. The molecule has 0 saturated heterocycles. The largest absolute Gasteiger partial charge is 0.383 e. The molecule has 0 saturated carbocycles. The van der Waals surface area contributed by atoms with Crippen LogP contribution in [0.1, 0.15) is 13.1 Å². The van der Waals surface area contributed by atoms with Crippen LogP contribution in [0.2, 0.25) is 0 Å². The number of dihydropyridines is 1. The molecule has 0 spiro atoms. The molecular weight excluding hydrogens is 364 g/mol. The summed E-state index contributed by atoms with van der Waals surface area (Å²) in [5.74, 6) is -4.48. The van der Waals surface area contributed by atoms with E-state index in [0.29, 0.717) is 13.2 Å². The highest BCUT2D eigenvalue weighted by atomic mass is 19.3. The minimum absolute atomic E-state index is 0.110. The van der Waals surface area contributed by atoms with Crippen molar-refractivity contribution >= 4 is 17.6 Å². The lowest BCUT2D eigenvalue weighted by molar-refractivity contribution is -0.119. The Labute approximate surface area is 152 Å². The Balaban J connectivity index is 1.82. The average molecular weight is 381 g/mol. The molecule has 13 heteroatoms. The van der Waals surface area contributed by atoms with Crippen molar-refractivity contribution in [2.24, 2.45) is 10.9 Å². The van der Waals surface area contributed by atoms with Gasteiger partial charge in [-0.1, -0.05) is 11.2 Å². The number of tetrazole rings is 1. The summed E-state index contributed by atoms with van der Waals surface area (Å²) in [6, 6.07) is 0. The topological polar surface area (TPSA) is 125 Å².